The van der Waals surface area contributed by atoms with Crippen LogP contribution in [0.4, 0.5) is 0 Å². The Morgan fingerprint density at radius 1 is 1.25 bits per heavy atom. The highest BCUT2D eigenvalue weighted by Gasteiger charge is 2.50. The molecule has 1 aliphatic heterocycles. The van der Waals surface area contributed by atoms with Gasteiger partial charge in [0.25, 0.3) is 0 Å². The second-order valence-electron chi connectivity index (χ2n) is 7.03. The highest BCUT2D eigenvalue weighted by molar-refractivity contribution is 5.89. The lowest BCUT2D eigenvalue weighted by Crippen LogP contribution is -2.46. The molecule has 4 heteroatoms. The van der Waals surface area contributed by atoms with Crippen molar-refractivity contribution < 1.29 is 4.79 Å². The summed E-state index contributed by atoms with van der Waals surface area (Å²) in [5.41, 5.74) is -0.222. The molecule has 1 unspecified atom stereocenters. The van der Waals surface area contributed by atoms with Crippen LogP contribution in [0, 0.1) is 0 Å². The van der Waals surface area contributed by atoms with Crippen molar-refractivity contribution in [1.82, 2.24) is 15.1 Å². The number of nitrogens with zero attached hydrogens (tertiary/aromatic N) is 2. The van der Waals surface area contributed by atoms with E-state index in [-0.39, 0.29) is 11.7 Å². The van der Waals surface area contributed by atoms with Gasteiger partial charge >= 0.3 is 0 Å². The van der Waals surface area contributed by atoms with Gasteiger partial charge in [-0.3, -0.25) is 15.0 Å². The zero-order valence-electron chi connectivity index (χ0n) is 13.8. The first-order valence-corrected chi connectivity index (χ1v) is 8.22. The van der Waals surface area contributed by atoms with Gasteiger partial charge in [-0.1, -0.05) is 12.8 Å². The molecule has 1 heterocycles. The number of nitrogens with one attached hydrogen (secondary N) is 1. The van der Waals surface area contributed by atoms with Crippen LogP contribution in [0.3, 0.4) is 0 Å². The maximum absolute atomic E-state index is 12.7. The zero-order chi connectivity index (χ0) is 14.9. The standard InChI is InChI=1S/C16H31N3O/c1-12(2)18(13(3)4)10-11-19-14(5)17-16(15(19)20)8-6-7-9-16/h12-14,17H,6-11H2,1-5H3. The van der Waals surface area contributed by atoms with Gasteiger partial charge in [-0.05, 0) is 47.5 Å². The van der Waals surface area contributed by atoms with Crippen molar-refractivity contribution in [2.45, 2.75) is 84.1 Å². The molecule has 0 aromatic rings. The number of hydrogen-bond donors (Lipinski definition) is 1. The van der Waals surface area contributed by atoms with Crippen LogP contribution in [0.1, 0.15) is 60.3 Å². The molecule has 20 heavy (non-hydrogen) atoms. The lowest BCUT2D eigenvalue weighted by molar-refractivity contribution is -0.133. The van der Waals surface area contributed by atoms with Crippen LogP contribution in [0.2, 0.25) is 0 Å². The Morgan fingerprint density at radius 3 is 2.30 bits per heavy atom. The van der Waals surface area contributed by atoms with E-state index in [2.05, 4.69) is 49.7 Å². The fourth-order valence-electron chi connectivity index (χ4n) is 3.96. The predicted molar refractivity (Wildman–Crippen MR) is 82.5 cm³/mol. The van der Waals surface area contributed by atoms with Gasteiger partial charge in [-0.2, -0.15) is 0 Å². The minimum Gasteiger partial charge on any atom is -0.325 e. The molecule has 0 bridgehead atoms. The van der Waals surface area contributed by atoms with E-state index in [4.69, 9.17) is 0 Å². The number of carbonyl (C=O) groups is 1. The number of rotatable bonds is 5. The SMILES string of the molecule is CC1NC2(CCCC2)C(=O)N1CCN(C(C)C)C(C)C. The Bertz CT molecular complexity index is 340. The summed E-state index contributed by atoms with van der Waals surface area (Å²) in [6.07, 6.45) is 4.59. The van der Waals surface area contributed by atoms with Crippen molar-refractivity contribution in [3.05, 3.63) is 0 Å². The summed E-state index contributed by atoms with van der Waals surface area (Å²) >= 11 is 0. The maximum atomic E-state index is 12.7. The Balaban J connectivity index is 1.97. The summed E-state index contributed by atoms with van der Waals surface area (Å²) in [5, 5.41) is 3.57. The van der Waals surface area contributed by atoms with E-state index in [1.165, 1.54) is 12.8 Å². The van der Waals surface area contributed by atoms with Gasteiger partial charge in [0, 0.05) is 25.2 Å². The normalized spacial score (nSPS) is 25.9. The molecule has 1 saturated heterocycles. The molecule has 116 valence electrons. The highest BCUT2D eigenvalue weighted by atomic mass is 16.2. The Morgan fingerprint density at radius 2 is 1.80 bits per heavy atom. The van der Waals surface area contributed by atoms with Crippen LogP contribution in [0.15, 0.2) is 0 Å². The number of carbonyl (C=O) groups excluding carboxylic acids is 1. The summed E-state index contributed by atoms with van der Waals surface area (Å²) in [6.45, 7) is 12.8. The van der Waals surface area contributed by atoms with Crippen LogP contribution in [0.25, 0.3) is 0 Å². The van der Waals surface area contributed by atoms with Gasteiger partial charge in [0.2, 0.25) is 5.91 Å². The summed E-state index contributed by atoms with van der Waals surface area (Å²) in [4.78, 5) is 17.3. The van der Waals surface area contributed by atoms with E-state index in [9.17, 15) is 4.79 Å². The maximum Gasteiger partial charge on any atom is 0.244 e. The van der Waals surface area contributed by atoms with Gasteiger partial charge in [-0.15, -0.1) is 0 Å². The average molecular weight is 281 g/mol. The first-order chi connectivity index (χ1) is 9.37. The Labute approximate surface area is 123 Å². The quantitative estimate of drug-likeness (QED) is 0.839. The zero-order valence-corrected chi connectivity index (χ0v) is 13.8. The van der Waals surface area contributed by atoms with Crippen LogP contribution in [0.5, 0.6) is 0 Å². The fraction of sp³-hybridized carbons (Fsp3) is 0.938. The lowest BCUT2D eigenvalue weighted by Gasteiger charge is -2.33. The molecule has 1 N–H and O–H groups in total. The van der Waals surface area contributed by atoms with Crippen molar-refractivity contribution in [2.75, 3.05) is 13.1 Å². The molecule has 2 rings (SSSR count). The van der Waals surface area contributed by atoms with E-state index < -0.39 is 0 Å². The first-order valence-electron chi connectivity index (χ1n) is 8.22. The van der Waals surface area contributed by atoms with Crippen LogP contribution in [-0.2, 0) is 4.79 Å². The third kappa shape index (κ3) is 2.86. The van der Waals surface area contributed by atoms with E-state index in [0.717, 1.165) is 25.9 Å². The molecule has 1 atom stereocenters. The molecule has 2 fully saturated rings. The number of hydrogen-bond acceptors (Lipinski definition) is 3. The van der Waals surface area contributed by atoms with Gasteiger partial charge < -0.3 is 4.90 Å². The van der Waals surface area contributed by atoms with E-state index in [0.29, 0.717) is 18.0 Å². The third-order valence-corrected chi connectivity index (χ3v) is 5.01. The molecule has 4 nitrogen and oxygen atoms in total. The topological polar surface area (TPSA) is 35.6 Å². The monoisotopic (exact) mass is 281 g/mol. The molecule has 1 spiro atoms. The highest BCUT2D eigenvalue weighted by Crippen LogP contribution is 2.36. The van der Waals surface area contributed by atoms with E-state index in [1.54, 1.807) is 0 Å². The summed E-state index contributed by atoms with van der Waals surface area (Å²) in [7, 11) is 0. The van der Waals surface area contributed by atoms with Crippen molar-refractivity contribution in [3.63, 3.8) is 0 Å². The Kier molecular flexibility index (Phi) is 4.75. The van der Waals surface area contributed by atoms with Gasteiger partial charge in [0.15, 0.2) is 0 Å². The molecular formula is C16H31N3O. The van der Waals surface area contributed by atoms with E-state index in [1.807, 2.05) is 0 Å². The molecule has 0 aromatic carbocycles. The fourth-order valence-corrected chi connectivity index (χ4v) is 3.96. The predicted octanol–water partition coefficient (Wildman–Crippen LogP) is 2.20. The molecule has 1 saturated carbocycles. The van der Waals surface area contributed by atoms with Crippen molar-refractivity contribution >= 4 is 5.91 Å². The largest absolute Gasteiger partial charge is 0.325 e. The molecule has 2 aliphatic rings. The Hall–Kier alpha value is -0.610. The summed E-state index contributed by atoms with van der Waals surface area (Å²) < 4.78 is 0. The molecule has 1 aliphatic carbocycles. The minimum absolute atomic E-state index is 0.182. The average Bonchev–Trinajstić information content (AvgIpc) is 2.89. The van der Waals surface area contributed by atoms with Gasteiger partial charge in [0.05, 0.1) is 11.7 Å². The molecular weight excluding hydrogens is 250 g/mol. The minimum atomic E-state index is -0.222. The van der Waals surface area contributed by atoms with Crippen LogP contribution >= 0.6 is 0 Å². The summed E-state index contributed by atoms with van der Waals surface area (Å²) in [5.74, 6) is 0.343. The molecule has 0 radical (unpaired) electrons. The number of amides is 1. The lowest BCUT2D eigenvalue weighted by atomic mass is 9.98. The van der Waals surface area contributed by atoms with Crippen molar-refractivity contribution in [2.24, 2.45) is 0 Å². The molecule has 1 amide bonds. The van der Waals surface area contributed by atoms with Crippen molar-refractivity contribution in [1.29, 1.82) is 0 Å². The van der Waals surface area contributed by atoms with Gasteiger partial charge in [-0.25, -0.2) is 0 Å². The van der Waals surface area contributed by atoms with Crippen molar-refractivity contribution in [3.8, 4) is 0 Å². The first kappa shape index (κ1) is 15.8. The molecule has 0 aromatic heterocycles. The summed E-state index contributed by atoms with van der Waals surface area (Å²) in [6, 6.07) is 1.05. The smallest absolute Gasteiger partial charge is 0.244 e. The second kappa shape index (κ2) is 6.02. The second-order valence-corrected chi connectivity index (χ2v) is 7.03. The van der Waals surface area contributed by atoms with Gasteiger partial charge in [0.1, 0.15) is 0 Å². The van der Waals surface area contributed by atoms with E-state index >= 15 is 0 Å². The third-order valence-electron chi connectivity index (χ3n) is 5.01. The van der Waals surface area contributed by atoms with Crippen LogP contribution < -0.4 is 5.32 Å². The van der Waals surface area contributed by atoms with Crippen LogP contribution in [-0.4, -0.2) is 52.6 Å².